The molecule has 2 unspecified atom stereocenters. The highest BCUT2D eigenvalue weighted by atomic mass is 35.5. The van der Waals surface area contributed by atoms with Crippen LogP contribution >= 0.6 is 11.6 Å². The van der Waals surface area contributed by atoms with Crippen molar-refractivity contribution in [2.24, 2.45) is 5.92 Å². The van der Waals surface area contributed by atoms with Crippen molar-refractivity contribution >= 4 is 22.6 Å². The zero-order valence-electron chi connectivity index (χ0n) is 13.7. The van der Waals surface area contributed by atoms with E-state index in [0.29, 0.717) is 12.0 Å². The molecule has 2 rings (SSSR count). The molecule has 0 radical (unpaired) electrons. The van der Waals surface area contributed by atoms with Gasteiger partial charge in [0.2, 0.25) is 0 Å². The van der Waals surface area contributed by atoms with Gasteiger partial charge in [0.25, 0.3) is 0 Å². The molecule has 4 heteroatoms. The van der Waals surface area contributed by atoms with Gasteiger partial charge < -0.3 is 9.47 Å². The Morgan fingerprint density at radius 2 is 1.86 bits per heavy atom. The van der Waals surface area contributed by atoms with Crippen molar-refractivity contribution in [2.45, 2.75) is 38.6 Å². The molecule has 0 aliphatic heterocycles. The quantitative estimate of drug-likeness (QED) is 0.733. The van der Waals surface area contributed by atoms with Crippen molar-refractivity contribution in [3.8, 4) is 0 Å². The number of likely N-dealkylation sites (N-methyl/N-ethyl adjacent to an activating group) is 1. The average molecular weight is 308 g/mol. The second kappa shape index (κ2) is 6.80. The van der Waals surface area contributed by atoms with Crippen LogP contribution in [-0.2, 0) is 0 Å². The van der Waals surface area contributed by atoms with Crippen molar-refractivity contribution < 1.29 is 0 Å². The maximum absolute atomic E-state index is 6.40. The second-order valence-electron chi connectivity index (χ2n) is 6.49. The summed E-state index contributed by atoms with van der Waals surface area (Å²) in [5.74, 6) is 1.61. The van der Waals surface area contributed by atoms with Crippen molar-refractivity contribution in [2.75, 3.05) is 20.6 Å². The summed E-state index contributed by atoms with van der Waals surface area (Å²) in [6, 6.07) is 8.71. The topological polar surface area (TPSA) is 21.1 Å². The summed E-state index contributed by atoms with van der Waals surface area (Å²) >= 11 is 6.40. The molecule has 0 spiro atoms. The van der Waals surface area contributed by atoms with E-state index in [1.165, 1.54) is 5.52 Å². The van der Waals surface area contributed by atoms with Gasteiger partial charge in [0.15, 0.2) is 0 Å². The van der Waals surface area contributed by atoms with E-state index in [0.717, 1.165) is 24.3 Å². The van der Waals surface area contributed by atoms with Gasteiger partial charge in [-0.2, -0.15) is 0 Å². The third kappa shape index (κ3) is 3.78. The van der Waals surface area contributed by atoms with Crippen LogP contribution in [0.1, 0.15) is 44.4 Å². The summed E-state index contributed by atoms with van der Waals surface area (Å²) in [5, 5.41) is -0.0887. The molecule has 1 aromatic heterocycles. The summed E-state index contributed by atoms with van der Waals surface area (Å²) in [7, 11) is 4.24. The molecule has 0 aliphatic carbocycles. The second-order valence-corrected chi connectivity index (χ2v) is 7.14. The van der Waals surface area contributed by atoms with Crippen LogP contribution in [0.2, 0.25) is 0 Å². The number of imidazole rings is 1. The van der Waals surface area contributed by atoms with Gasteiger partial charge in [-0.25, -0.2) is 4.98 Å². The Kier molecular flexibility index (Phi) is 5.28. The van der Waals surface area contributed by atoms with Gasteiger partial charge in [-0.05, 0) is 45.5 Å². The molecular formula is C17H26ClN3. The lowest BCUT2D eigenvalue weighted by molar-refractivity contribution is 0.288. The molecule has 116 valence electrons. The highest BCUT2D eigenvalue weighted by Gasteiger charge is 2.22. The van der Waals surface area contributed by atoms with E-state index in [9.17, 15) is 0 Å². The van der Waals surface area contributed by atoms with Crippen LogP contribution in [0.4, 0.5) is 0 Å². The SMILES string of the molecule is CC(C)CC(CN(C)C)n1c(C(C)Cl)nc2ccccc21. The van der Waals surface area contributed by atoms with Crippen LogP contribution in [0.25, 0.3) is 11.0 Å². The highest BCUT2D eigenvalue weighted by Crippen LogP contribution is 2.31. The minimum absolute atomic E-state index is 0.0887. The molecule has 0 saturated heterocycles. The summed E-state index contributed by atoms with van der Waals surface area (Å²) in [5.41, 5.74) is 2.22. The number of rotatable bonds is 6. The van der Waals surface area contributed by atoms with Gasteiger partial charge in [-0.1, -0.05) is 26.0 Å². The maximum atomic E-state index is 6.40. The average Bonchev–Trinajstić information content (AvgIpc) is 2.76. The van der Waals surface area contributed by atoms with Crippen LogP contribution in [-0.4, -0.2) is 35.1 Å². The predicted molar refractivity (Wildman–Crippen MR) is 91.0 cm³/mol. The Morgan fingerprint density at radius 1 is 1.19 bits per heavy atom. The standard InChI is InChI=1S/C17H26ClN3/c1-12(2)10-14(11-20(4)5)21-16-9-7-6-8-15(16)19-17(21)13(3)18/h6-9,12-14H,10-11H2,1-5H3. The van der Waals surface area contributed by atoms with Crippen LogP contribution in [0.5, 0.6) is 0 Å². The number of hydrogen-bond acceptors (Lipinski definition) is 2. The summed E-state index contributed by atoms with van der Waals surface area (Å²) in [6.07, 6.45) is 1.12. The smallest absolute Gasteiger partial charge is 0.128 e. The predicted octanol–water partition coefficient (Wildman–Crippen LogP) is 4.48. The number of hydrogen-bond donors (Lipinski definition) is 0. The van der Waals surface area contributed by atoms with Gasteiger partial charge in [-0.3, -0.25) is 0 Å². The van der Waals surface area contributed by atoms with Gasteiger partial charge in [0.1, 0.15) is 5.82 Å². The molecule has 0 saturated carbocycles. The molecular weight excluding hydrogens is 282 g/mol. The molecule has 2 atom stereocenters. The lowest BCUT2D eigenvalue weighted by Gasteiger charge is -2.27. The molecule has 21 heavy (non-hydrogen) atoms. The zero-order valence-corrected chi connectivity index (χ0v) is 14.4. The normalized spacial score (nSPS) is 15.0. The van der Waals surface area contributed by atoms with Gasteiger partial charge in [0, 0.05) is 12.6 Å². The van der Waals surface area contributed by atoms with Crippen molar-refractivity contribution in [3.63, 3.8) is 0 Å². The van der Waals surface area contributed by atoms with Crippen molar-refractivity contribution in [1.29, 1.82) is 0 Å². The Balaban J connectivity index is 2.55. The Bertz CT molecular complexity index is 577. The minimum atomic E-state index is -0.0887. The number of alkyl halides is 1. The highest BCUT2D eigenvalue weighted by molar-refractivity contribution is 6.20. The van der Waals surface area contributed by atoms with Crippen LogP contribution in [0.3, 0.4) is 0 Å². The Morgan fingerprint density at radius 3 is 2.43 bits per heavy atom. The number of benzene rings is 1. The molecule has 0 N–H and O–H groups in total. The molecule has 1 aromatic carbocycles. The van der Waals surface area contributed by atoms with E-state index >= 15 is 0 Å². The van der Waals surface area contributed by atoms with E-state index in [1.54, 1.807) is 0 Å². The molecule has 2 aromatic rings. The summed E-state index contributed by atoms with van der Waals surface area (Å²) in [4.78, 5) is 7.00. The Labute approximate surface area is 132 Å². The van der Waals surface area contributed by atoms with E-state index in [4.69, 9.17) is 16.6 Å². The minimum Gasteiger partial charge on any atom is -0.322 e. The van der Waals surface area contributed by atoms with Crippen LogP contribution in [0, 0.1) is 5.92 Å². The molecule has 3 nitrogen and oxygen atoms in total. The number of fused-ring (bicyclic) bond motifs is 1. The lowest BCUT2D eigenvalue weighted by Crippen LogP contribution is -2.27. The first-order chi connectivity index (χ1) is 9.90. The zero-order chi connectivity index (χ0) is 15.6. The monoisotopic (exact) mass is 307 g/mol. The fraction of sp³-hybridized carbons (Fsp3) is 0.588. The Hall–Kier alpha value is -1.06. The van der Waals surface area contributed by atoms with Crippen molar-refractivity contribution in [3.05, 3.63) is 30.1 Å². The van der Waals surface area contributed by atoms with E-state index in [1.807, 2.05) is 13.0 Å². The van der Waals surface area contributed by atoms with Crippen LogP contribution in [0.15, 0.2) is 24.3 Å². The first-order valence-electron chi connectivity index (χ1n) is 7.65. The molecule has 0 fully saturated rings. The maximum Gasteiger partial charge on any atom is 0.128 e. The van der Waals surface area contributed by atoms with E-state index in [2.05, 4.69) is 55.6 Å². The van der Waals surface area contributed by atoms with Crippen LogP contribution < -0.4 is 0 Å². The molecule has 0 aliphatic rings. The lowest BCUT2D eigenvalue weighted by atomic mass is 10.0. The number of nitrogens with zero attached hydrogens (tertiary/aromatic N) is 3. The third-order valence-corrected chi connectivity index (χ3v) is 3.86. The summed E-state index contributed by atoms with van der Waals surface area (Å²) in [6.45, 7) is 7.54. The molecule has 1 heterocycles. The van der Waals surface area contributed by atoms with Gasteiger partial charge in [-0.15, -0.1) is 11.6 Å². The van der Waals surface area contributed by atoms with Gasteiger partial charge >= 0.3 is 0 Å². The molecule has 0 bridgehead atoms. The summed E-state index contributed by atoms with van der Waals surface area (Å²) < 4.78 is 2.35. The fourth-order valence-corrected chi connectivity index (χ4v) is 3.11. The fourth-order valence-electron chi connectivity index (χ4n) is 2.95. The number of aromatic nitrogens is 2. The third-order valence-electron chi connectivity index (χ3n) is 3.66. The van der Waals surface area contributed by atoms with E-state index < -0.39 is 0 Å². The number of halogens is 1. The van der Waals surface area contributed by atoms with E-state index in [-0.39, 0.29) is 5.38 Å². The van der Waals surface area contributed by atoms with Gasteiger partial charge in [0.05, 0.1) is 16.4 Å². The molecule has 0 amide bonds. The largest absolute Gasteiger partial charge is 0.322 e. The first-order valence-corrected chi connectivity index (χ1v) is 8.09. The number of para-hydroxylation sites is 2. The first kappa shape index (κ1) is 16.3. The van der Waals surface area contributed by atoms with Crippen molar-refractivity contribution in [1.82, 2.24) is 14.5 Å².